The van der Waals surface area contributed by atoms with E-state index in [9.17, 15) is 9.50 Å². The summed E-state index contributed by atoms with van der Waals surface area (Å²) in [4.78, 5) is 18.7. The minimum Gasteiger partial charge on any atom is -0.508 e. The molecule has 4 aromatic rings. The molecule has 1 saturated carbocycles. The predicted molar refractivity (Wildman–Crippen MR) is 166 cm³/mol. The second-order valence-electron chi connectivity index (χ2n) is 12.9. The number of terminal acetylenes is 1. The molecule has 1 aliphatic carbocycles. The lowest BCUT2D eigenvalue weighted by Gasteiger charge is -2.34. The Balaban J connectivity index is 1.22. The number of piperazine rings is 1. The fourth-order valence-corrected chi connectivity index (χ4v) is 7.21. The lowest BCUT2D eigenvalue weighted by molar-refractivity contribution is 0.0231. The summed E-state index contributed by atoms with van der Waals surface area (Å²) >= 11 is 0. The topological polar surface area (TPSA) is 95.9 Å². The minimum atomic E-state index is -0.666. The Hall–Kier alpha value is -4.11. The van der Waals surface area contributed by atoms with Gasteiger partial charge in [-0.15, -0.1) is 6.42 Å². The minimum absolute atomic E-state index is 0.00607. The molecule has 3 saturated heterocycles. The van der Waals surface area contributed by atoms with E-state index < -0.39 is 11.6 Å². The molecule has 4 aliphatic rings. The molecule has 9 nitrogen and oxygen atoms in total. The Morgan fingerprint density at radius 2 is 1.84 bits per heavy atom. The van der Waals surface area contributed by atoms with Crippen molar-refractivity contribution >= 4 is 27.6 Å². The number of benzene rings is 2. The third-order valence-corrected chi connectivity index (χ3v) is 9.74. The third kappa shape index (κ3) is 5.21. The summed E-state index contributed by atoms with van der Waals surface area (Å²) in [6.45, 7) is 6.05. The van der Waals surface area contributed by atoms with Gasteiger partial charge in [0.1, 0.15) is 22.6 Å². The van der Waals surface area contributed by atoms with E-state index in [-0.39, 0.29) is 39.4 Å². The first-order valence-electron chi connectivity index (χ1n) is 15.6. The molecule has 4 fully saturated rings. The van der Waals surface area contributed by atoms with Crippen molar-refractivity contribution in [3.8, 4) is 35.2 Å². The maximum absolute atomic E-state index is 16.8. The predicted octanol–water partition coefficient (Wildman–Crippen LogP) is 4.24. The van der Waals surface area contributed by atoms with Crippen molar-refractivity contribution in [2.24, 2.45) is 5.41 Å². The summed E-state index contributed by atoms with van der Waals surface area (Å²) in [6.07, 6.45) is 11.3. The van der Waals surface area contributed by atoms with Crippen LogP contribution in [0.1, 0.15) is 31.2 Å². The monoisotopic (exact) mass is 612 g/mol. The number of morpholine rings is 1. The number of fused-ring (bicyclic) bond motifs is 4. The van der Waals surface area contributed by atoms with Crippen LogP contribution in [0.3, 0.4) is 0 Å². The maximum atomic E-state index is 16.8. The Kier molecular flexibility index (Phi) is 6.97. The smallest absolute Gasteiger partial charge is 0.319 e. The van der Waals surface area contributed by atoms with E-state index in [1.165, 1.54) is 30.5 Å². The zero-order valence-corrected chi connectivity index (χ0v) is 24.9. The summed E-state index contributed by atoms with van der Waals surface area (Å²) in [5.41, 5.74) is 0.611. The molecule has 2 aromatic heterocycles. The lowest BCUT2D eigenvalue weighted by Crippen LogP contribution is -2.51. The average molecular weight is 613 g/mol. The molecule has 0 radical (unpaired) electrons. The fourth-order valence-electron chi connectivity index (χ4n) is 7.21. The SMILES string of the molecule is C#Cc1c(F)ccc2cc(O)cc(-c3cnc4c(N5CC6CCC(C5)N6)nc(OCC5(CN6CCOCC6)CC5)nc4c3F)c12. The van der Waals surface area contributed by atoms with Crippen molar-refractivity contribution < 1.29 is 23.4 Å². The molecule has 8 rings (SSSR count). The van der Waals surface area contributed by atoms with E-state index in [1.807, 2.05) is 0 Å². The van der Waals surface area contributed by atoms with E-state index in [0.717, 1.165) is 71.6 Å². The van der Waals surface area contributed by atoms with Gasteiger partial charge in [0.2, 0.25) is 0 Å². The number of rotatable bonds is 7. The van der Waals surface area contributed by atoms with E-state index in [2.05, 4.69) is 31.0 Å². The summed E-state index contributed by atoms with van der Waals surface area (Å²) < 4.78 is 43.4. The number of hydrogen-bond acceptors (Lipinski definition) is 9. The molecule has 11 heteroatoms. The number of phenolic OH excluding ortho intramolecular Hbond substituents is 1. The number of aromatic nitrogens is 3. The zero-order chi connectivity index (χ0) is 30.7. The van der Waals surface area contributed by atoms with Gasteiger partial charge in [0.25, 0.3) is 0 Å². The highest BCUT2D eigenvalue weighted by atomic mass is 19.1. The average Bonchev–Trinajstić information content (AvgIpc) is 3.73. The number of nitrogens with zero attached hydrogens (tertiary/aromatic N) is 5. The van der Waals surface area contributed by atoms with Crippen LogP contribution in [-0.4, -0.2) is 89.6 Å². The molecule has 5 heterocycles. The maximum Gasteiger partial charge on any atom is 0.319 e. The van der Waals surface area contributed by atoms with Crippen LogP contribution in [0.4, 0.5) is 14.6 Å². The van der Waals surface area contributed by atoms with Crippen molar-refractivity contribution in [3.05, 3.63) is 47.7 Å². The second kappa shape index (κ2) is 11.1. The summed E-state index contributed by atoms with van der Waals surface area (Å²) in [6, 6.07) is 6.35. The summed E-state index contributed by atoms with van der Waals surface area (Å²) in [5, 5.41) is 15.0. The van der Waals surface area contributed by atoms with Crippen LogP contribution in [0.15, 0.2) is 30.5 Å². The van der Waals surface area contributed by atoms with Gasteiger partial charge in [0.15, 0.2) is 11.6 Å². The van der Waals surface area contributed by atoms with Gasteiger partial charge in [-0.2, -0.15) is 9.97 Å². The first-order valence-corrected chi connectivity index (χ1v) is 15.6. The van der Waals surface area contributed by atoms with Crippen LogP contribution in [0.25, 0.3) is 32.9 Å². The number of halogens is 2. The van der Waals surface area contributed by atoms with Crippen LogP contribution in [0.2, 0.25) is 0 Å². The van der Waals surface area contributed by atoms with Crippen LogP contribution in [-0.2, 0) is 4.74 Å². The van der Waals surface area contributed by atoms with Crippen LogP contribution in [0.5, 0.6) is 11.8 Å². The van der Waals surface area contributed by atoms with Gasteiger partial charge in [-0.05, 0) is 54.8 Å². The molecular formula is C34H34F2N6O3. The molecule has 2 aromatic carbocycles. The zero-order valence-electron chi connectivity index (χ0n) is 24.9. The molecule has 2 N–H and O–H groups in total. The molecule has 232 valence electrons. The van der Waals surface area contributed by atoms with Gasteiger partial charge in [0.05, 0.1) is 25.4 Å². The molecule has 2 atom stereocenters. The van der Waals surface area contributed by atoms with Gasteiger partial charge >= 0.3 is 6.01 Å². The number of pyridine rings is 1. The quantitative estimate of drug-likeness (QED) is 0.297. The van der Waals surface area contributed by atoms with Crippen molar-refractivity contribution in [1.82, 2.24) is 25.2 Å². The van der Waals surface area contributed by atoms with Crippen molar-refractivity contribution in [3.63, 3.8) is 0 Å². The van der Waals surface area contributed by atoms with E-state index in [0.29, 0.717) is 40.8 Å². The second-order valence-corrected chi connectivity index (χ2v) is 12.9. The highest BCUT2D eigenvalue weighted by Crippen LogP contribution is 2.47. The number of aromatic hydroxyl groups is 1. The number of nitrogens with one attached hydrogen (secondary N) is 1. The normalized spacial score (nSPS) is 22.6. The number of ether oxygens (including phenoxy) is 2. The molecule has 2 bridgehead atoms. The molecule has 2 unspecified atom stereocenters. The fraction of sp³-hybridized carbons (Fsp3) is 0.441. The lowest BCUT2D eigenvalue weighted by atomic mass is 9.94. The molecule has 0 amide bonds. The van der Waals surface area contributed by atoms with Crippen LogP contribution in [0, 0.1) is 29.4 Å². The van der Waals surface area contributed by atoms with Crippen LogP contribution < -0.4 is 15.0 Å². The van der Waals surface area contributed by atoms with Gasteiger partial charge in [-0.1, -0.05) is 12.0 Å². The first kappa shape index (κ1) is 28.4. The highest BCUT2D eigenvalue weighted by molar-refractivity contribution is 6.03. The first-order chi connectivity index (χ1) is 21.9. The van der Waals surface area contributed by atoms with Crippen molar-refractivity contribution in [2.45, 2.75) is 37.8 Å². The highest BCUT2D eigenvalue weighted by Gasteiger charge is 2.45. The number of anilines is 1. The molecule has 3 aliphatic heterocycles. The number of hydrogen-bond donors (Lipinski definition) is 2. The van der Waals surface area contributed by atoms with Crippen molar-refractivity contribution in [1.29, 1.82) is 0 Å². The largest absolute Gasteiger partial charge is 0.508 e. The third-order valence-electron chi connectivity index (χ3n) is 9.74. The van der Waals surface area contributed by atoms with Gasteiger partial charge < -0.3 is 24.8 Å². The Labute approximate surface area is 259 Å². The molecule has 0 spiro atoms. The van der Waals surface area contributed by atoms with E-state index in [1.54, 1.807) is 0 Å². The van der Waals surface area contributed by atoms with Gasteiger partial charge in [0, 0.05) is 67.4 Å². The Morgan fingerprint density at radius 3 is 2.58 bits per heavy atom. The molecular weight excluding hydrogens is 578 g/mol. The Morgan fingerprint density at radius 1 is 1.07 bits per heavy atom. The van der Waals surface area contributed by atoms with Crippen molar-refractivity contribution in [2.75, 3.05) is 57.4 Å². The summed E-state index contributed by atoms with van der Waals surface area (Å²) in [7, 11) is 0. The van der Waals surface area contributed by atoms with E-state index in [4.69, 9.17) is 20.9 Å². The van der Waals surface area contributed by atoms with Crippen LogP contribution >= 0.6 is 0 Å². The van der Waals surface area contributed by atoms with Gasteiger partial charge in [-0.3, -0.25) is 4.90 Å². The molecule has 45 heavy (non-hydrogen) atoms. The Bertz CT molecular complexity index is 1840. The summed E-state index contributed by atoms with van der Waals surface area (Å²) in [5.74, 6) is 1.55. The number of phenols is 1. The van der Waals surface area contributed by atoms with E-state index >= 15 is 4.39 Å². The van der Waals surface area contributed by atoms with Gasteiger partial charge in [-0.25, -0.2) is 13.8 Å². The standard InChI is InChI=1S/C34H34F2N6O3/c1-2-24-27(35)6-3-20-13-23(43)14-25(28(20)24)26-15-37-31-30(29(26)36)39-33(40-32(31)42-16-21-4-5-22(17-42)38-21)45-19-34(7-8-34)18-41-9-11-44-12-10-41/h1,3,6,13-15,21-22,38,43H,4-5,7-12,16-19H2.